The van der Waals surface area contributed by atoms with Crippen LogP contribution in [0.4, 0.5) is 0 Å². The van der Waals surface area contributed by atoms with Gasteiger partial charge in [0.15, 0.2) is 0 Å². The first-order valence-corrected chi connectivity index (χ1v) is 13.5. The van der Waals surface area contributed by atoms with Gasteiger partial charge in [-0.3, -0.25) is 9.97 Å². The molecule has 0 spiro atoms. The molecule has 0 N–H and O–H groups in total. The lowest BCUT2D eigenvalue weighted by Gasteiger charge is -2.10. The summed E-state index contributed by atoms with van der Waals surface area (Å²) in [6, 6.07) is 43.7. The fourth-order valence-corrected chi connectivity index (χ4v) is 6.47. The van der Waals surface area contributed by atoms with E-state index in [1.165, 1.54) is 54.4 Å². The number of benzene rings is 6. The predicted molar refractivity (Wildman–Crippen MR) is 166 cm³/mol. The van der Waals surface area contributed by atoms with Gasteiger partial charge >= 0.3 is 0 Å². The van der Waals surface area contributed by atoms with Crippen molar-refractivity contribution in [1.82, 2.24) is 19.1 Å². The highest BCUT2D eigenvalue weighted by atomic mass is 15.0. The van der Waals surface area contributed by atoms with Crippen LogP contribution in [0.15, 0.2) is 134 Å². The number of nitrogens with zero attached hydrogens (tertiary/aromatic N) is 4. The Labute approximate surface area is 229 Å². The van der Waals surface area contributed by atoms with Crippen molar-refractivity contribution in [2.75, 3.05) is 0 Å². The molecule has 0 aliphatic carbocycles. The van der Waals surface area contributed by atoms with Gasteiger partial charge in [0.1, 0.15) is 0 Å². The molecule has 4 heteroatoms. The van der Waals surface area contributed by atoms with E-state index in [0.29, 0.717) is 0 Å². The van der Waals surface area contributed by atoms with Gasteiger partial charge in [-0.15, -0.1) is 0 Å². The molecule has 3 heterocycles. The summed E-state index contributed by atoms with van der Waals surface area (Å²) >= 11 is 0. The molecule has 9 aromatic rings. The Kier molecular flexibility index (Phi) is 4.30. The van der Waals surface area contributed by atoms with Gasteiger partial charge in [0.25, 0.3) is 0 Å². The van der Waals surface area contributed by atoms with Crippen molar-refractivity contribution in [3.63, 3.8) is 0 Å². The average Bonchev–Trinajstić information content (AvgIpc) is 3.52. The van der Waals surface area contributed by atoms with Gasteiger partial charge in [0, 0.05) is 45.3 Å². The predicted octanol–water partition coefficient (Wildman–Crippen LogP) is 8.98. The fraction of sp³-hybridized carbons (Fsp3) is 0. The van der Waals surface area contributed by atoms with Crippen molar-refractivity contribution in [3.05, 3.63) is 134 Å². The van der Waals surface area contributed by atoms with Crippen LogP contribution < -0.4 is 0 Å². The first-order chi connectivity index (χ1) is 19.8. The van der Waals surface area contributed by atoms with E-state index in [1.54, 1.807) is 12.4 Å². The number of fused-ring (bicyclic) bond motifs is 9. The van der Waals surface area contributed by atoms with E-state index in [4.69, 9.17) is 0 Å². The summed E-state index contributed by atoms with van der Waals surface area (Å²) < 4.78 is 4.77. The molecule has 186 valence electrons. The third kappa shape index (κ3) is 2.90. The number of para-hydroxylation sites is 2. The van der Waals surface area contributed by atoms with Crippen molar-refractivity contribution in [2.45, 2.75) is 0 Å². The number of rotatable bonds is 2. The second kappa shape index (κ2) is 8.01. The molecule has 0 aliphatic heterocycles. The zero-order valence-corrected chi connectivity index (χ0v) is 21.5. The van der Waals surface area contributed by atoms with Crippen molar-refractivity contribution < 1.29 is 0 Å². The Morgan fingerprint density at radius 1 is 0.400 bits per heavy atom. The normalized spacial score (nSPS) is 12.0. The molecule has 6 aromatic carbocycles. The smallest absolute Gasteiger partial charge is 0.0907 e. The van der Waals surface area contributed by atoms with Gasteiger partial charge in [-0.1, -0.05) is 66.7 Å². The molecule has 0 bridgehead atoms. The maximum Gasteiger partial charge on any atom is 0.0907 e. The molecular weight excluding hydrogens is 488 g/mol. The molecule has 0 amide bonds. The Morgan fingerprint density at radius 3 is 2.02 bits per heavy atom. The largest absolute Gasteiger partial charge is 0.309 e. The van der Waals surface area contributed by atoms with E-state index in [-0.39, 0.29) is 0 Å². The molecule has 0 fully saturated rings. The lowest BCUT2D eigenvalue weighted by atomic mass is 10.0. The summed E-state index contributed by atoms with van der Waals surface area (Å²) in [5.74, 6) is 0. The minimum Gasteiger partial charge on any atom is -0.309 e. The van der Waals surface area contributed by atoms with Crippen LogP contribution in [0.3, 0.4) is 0 Å². The Morgan fingerprint density at radius 2 is 1.12 bits per heavy atom. The third-order valence-corrected chi connectivity index (χ3v) is 8.17. The Hall–Kier alpha value is -5.48. The zero-order chi connectivity index (χ0) is 26.2. The minimum absolute atomic E-state index is 0.886. The molecule has 4 nitrogen and oxygen atoms in total. The lowest BCUT2D eigenvalue weighted by molar-refractivity contribution is 1.16. The summed E-state index contributed by atoms with van der Waals surface area (Å²) in [5.41, 5.74) is 8.75. The number of aromatic nitrogens is 4. The number of hydrogen-bond donors (Lipinski definition) is 0. The van der Waals surface area contributed by atoms with Gasteiger partial charge in [-0.2, -0.15) is 0 Å². The van der Waals surface area contributed by atoms with Crippen LogP contribution in [0.2, 0.25) is 0 Å². The Bertz CT molecular complexity index is 2430. The van der Waals surface area contributed by atoms with Crippen LogP contribution in [0.5, 0.6) is 0 Å². The van der Waals surface area contributed by atoms with Crippen molar-refractivity contribution in [1.29, 1.82) is 0 Å². The average molecular weight is 511 g/mol. The molecule has 40 heavy (non-hydrogen) atoms. The first kappa shape index (κ1) is 21.5. The fourth-order valence-electron chi connectivity index (χ4n) is 6.47. The molecule has 0 atom stereocenters. The zero-order valence-electron chi connectivity index (χ0n) is 21.5. The highest BCUT2D eigenvalue weighted by molar-refractivity contribution is 6.25. The minimum atomic E-state index is 0.886. The third-order valence-electron chi connectivity index (χ3n) is 8.17. The second-order valence-electron chi connectivity index (χ2n) is 10.3. The summed E-state index contributed by atoms with van der Waals surface area (Å²) in [4.78, 5) is 9.08. The van der Waals surface area contributed by atoms with Gasteiger partial charge < -0.3 is 9.13 Å². The van der Waals surface area contributed by atoms with Gasteiger partial charge in [0.05, 0.1) is 33.1 Å². The molecular formula is C36H22N4. The van der Waals surface area contributed by atoms with Crippen molar-refractivity contribution in [2.24, 2.45) is 0 Å². The molecule has 0 saturated carbocycles. The van der Waals surface area contributed by atoms with Gasteiger partial charge in [-0.05, 0) is 65.4 Å². The molecule has 0 radical (unpaired) electrons. The lowest BCUT2D eigenvalue weighted by Crippen LogP contribution is -1.96. The molecule has 3 aromatic heterocycles. The second-order valence-corrected chi connectivity index (χ2v) is 10.3. The topological polar surface area (TPSA) is 35.6 Å². The van der Waals surface area contributed by atoms with Gasteiger partial charge in [0.2, 0.25) is 0 Å². The van der Waals surface area contributed by atoms with Crippen LogP contribution in [-0.4, -0.2) is 19.1 Å². The van der Waals surface area contributed by atoms with E-state index < -0.39 is 0 Å². The molecule has 0 aliphatic rings. The molecule has 0 saturated heterocycles. The van der Waals surface area contributed by atoms with Crippen LogP contribution >= 0.6 is 0 Å². The van der Waals surface area contributed by atoms with Crippen LogP contribution in [0.1, 0.15) is 0 Å². The van der Waals surface area contributed by atoms with Crippen LogP contribution in [-0.2, 0) is 0 Å². The number of hydrogen-bond acceptors (Lipinski definition) is 2. The van der Waals surface area contributed by atoms with Crippen LogP contribution in [0.25, 0.3) is 76.8 Å². The first-order valence-electron chi connectivity index (χ1n) is 13.5. The summed E-state index contributed by atoms with van der Waals surface area (Å²) in [7, 11) is 0. The van der Waals surface area contributed by atoms with E-state index in [9.17, 15) is 0 Å². The van der Waals surface area contributed by atoms with Crippen LogP contribution in [0, 0.1) is 0 Å². The Balaban J connectivity index is 1.49. The maximum atomic E-state index is 4.59. The van der Waals surface area contributed by atoms with E-state index in [0.717, 1.165) is 22.4 Å². The standard InChI is InChI=1S/C36H22N4/c1-2-9-24(10-3-1)39-33-17-14-23-8-4-5-11-26(23)36(33)29-21-28-27-12-6-7-13-32(27)40(34(28)22-35(29)39)25-15-16-30-31(20-25)38-19-18-37-30/h1-22H. The van der Waals surface area contributed by atoms with Gasteiger partial charge in [-0.25, -0.2) is 0 Å². The van der Waals surface area contributed by atoms with E-state index >= 15 is 0 Å². The van der Waals surface area contributed by atoms with E-state index in [1.807, 2.05) is 0 Å². The summed E-state index contributed by atoms with van der Waals surface area (Å²) in [6.45, 7) is 0. The highest BCUT2D eigenvalue weighted by Gasteiger charge is 2.19. The monoisotopic (exact) mass is 510 g/mol. The van der Waals surface area contributed by atoms with Crippen molar-refractivity contribution in [3.8, 4) is 11.4 Å². The highest BCUT2D eigenvalue weighted by Crippen LogP contribution is 2.41. The summed E-state index contributed by atoms with van der Waals surface area (Å²) in [5, 5.41) is 7.55. The van der Waals surface area contributed by atoms with Crippen molar-refractivity contribution >= 4 is 65.4 Å². The quantitative estimate of drug-likeness (QED) is 0.233. The molecule has 9 rings (SSSR count). The SMILES string of the molecule is c1ccc(-n2c3cc4c(cc3c3c5ccccc5ccc32)c2ccccc2n4-c2ccc3nccnc3c2)cc1. The summed E-state index contributed by atoms with van der Waals surface area (Å²) in [6.07, 6.45) is 3.50. The van der Waals surface area contributed by atoms with E-state index in [2.05, 4.69) is 140 Å². The molecule has 0 unspecified atom stereocenters. The maximum absolute atomic E-state index is 4.59.